The lowest BCUT2D eigenvalue weighted by molar-refractivity contribution is -0.121. The number of amides is 2. The largest absolute Gasteiger partial charge is 0.450 e. The summed E-state index contributed by atoms with van der Waals surface area (Å²) in [5.41, 5.74) is 2.45. The van der Waals surface area contributed by atoms with Gasteiger partial charge in [0.25, 0.3) is 11.8 Å². The highest BCUT2D eigenvalue weighted by molar-refractivity contribution is 7.22. The number of anilines is 2. The van der Waals surface area contributed by atoms with Gasteiger partial charge < -0.3 is 9.32 Å². The van der Waals surface area contributed by atoms with Crippen molar-refractivity contribution in [2.75, 3.05) is 9.80 Å². The van der Waals surface area contributed by atoms with Crippen LogP contribution in [0.25, 0.3) is 21.2 Å². The number of rotatable bonds is 3. The van der Waals surface area contributed by atoms with Crippen LogP contribution in [-0.2, 0) is 16.9 Å². The minimum atomic E-state index is -1.83. The third kappa shape index (κ3) is 3.48. The van der Waals surface area contributed by atoms with Gasteiger partial charge >= 0.3 is 0 Å². The maximum Gasteiger partial charge on any atom is 0.297 e. The summed E-state index contributed by atoms with van der Waals surface area (Å²) in [6.07, 6.45) is 0. The molecule has 8 rings (SSSR count). The lowest BCUT2D eigenvalue weighted by atomic mass is 9.84. The second-order valence-electron chi connectivity index (χ2n) is 11.0. The number of nitrogens with zero attached hydrogens (tertiary/aromatic N) is 3. The van der Waals surface area contributed by atoms with E-state index in [-0.39, 0.29) is 23.5 Å². The Morgan fingerprint density at radius 1 is 0.907 bits per heavy atom. The SMILES string of the molecule is Cc1ccc2nc(N3C(=O)c4oc5ccc(C)cc5c(=O)c4C34C(=O)N(Cc3ccccc3Cl)c3ccccc34)sc2c1. The van der Waals surface area contributed by atoms with Gasteiger partial charge in [0.1, 0.15) is 5.58 Å². The van der Waals surface area contributed by atoms with E-state index in [2.05, 4.69) is 0 Å². The van der Waals surface area contributed by atoms with Crippen LogP contribution in [0.3, 0.4) is 0 Å². The normalized spacial score (nSPS) is 17.5. The fraction of sp³-hybridized carbons (Fsp3) is 0.118. The number of hydrogen-bond donors (Lipinski definition) is 0. The molecule has 4 aromatic carbocycles. The smallest absolute Gasteiger partial charge is 0.297 e. The molecule has 1 atom stereocenters. The highest BCUT2D eigenvalue weighted by atomic mass is 35.5. The van der Waals surface area contributed by atoms with E-state index in [1.54, 1.807) is 29.2 Å². The van der Waals surface area contributed by atoms with E-state index in [1.165, 1.54) is 16.2 Å². The van der Waals surface area contributed by atoms with Gasteiger partial charge in [-0.1, -0.05) is 77.0 Å². The molecule has 43 heavy (non-hydrogen) atoms. The first-order chi connectivity index (χ1) is 20.8. The van der Waals surface area contributed by atoms with Gasteiger partial charge in [0.15, 0.2) is 16.1 Å². The summed E-state index contributed by atoms with van der Waals surface area (Å²) in [5.74, 6) is -1.19. The molecule has 0 saturated carbocycles. The van der Waals surface area contributed by atoms with E-state index in [0.717, 1.165) is 21.4 Å². The van der Waals surface area contributed by atoms with Crippen molar-refractivity contribution in [3.8, 4) is 0 Å². The predicted molar refractivity (Wildman–Crippen MR) is 168 cm³/mol. The maximum atomic E-state index is 15.1. The molecule has 6 aromatic rings. The van der Waals surface area contributed by atoms with Crippen molar-refractivity contribution < 1.29 is 14.0 Å². The number of carbonyl (C=O) groups is 2. The van der Waals surface area contributed by atoms with Crippen LogP contribution in [0.1, 0.15) is 38.4 Å². The highest BCUT2D eigenvalue weighted by Crippen LogP contribution is 2.55. The quantitative estimate of drug-likeness (QED) is 0.215. The van der Waals surface area contributed by atoms with Crippen LogP contribution in [0.15, 0.2) is 94.1 Å². The maximum absolute atomic E-state index is 15.1. The van der Waals surface area contributed by atoms with Crippen LogP contribution >= 0.6 is 22.9 Å². The number of aromatic nitrogens is 1. The molecule has 7 nitrogen and oxygen atoms in total. The molecule has 2 aromatic heterocycles. The first-order valence-corrected chi connectivity index (χ1v) is 14.9. The number of para-hydroxylation sites is 1. The zero-order valence-corrected chi connectivity index (χ0v) is 24.6. The van der Waals surface area contributed by atoms with E-state index in [1.807, 2.05) is 74.5 Å². The molecule has 0 fully saturated rings. The summed E-state index contributed by atoms with van der Waals surface area (Å²) < 4.78 is 7.08. The minimum Gasteiger partial charge on any atom is -0.450 e. The van der Waals surface area contributed by atoms with Crippen molar-refractivity contribution in [3.05, 3.63) is 134 Å². The summed E-state index contributed by atoms with van der Waals surface area (Å²) in [6, 6.07) is 25.6. The van der Waals surface area contributed by atoms with E-state index in [9.17, 15) is 9.59 Å². The molecule has 2 aliphatic heterocycles. The number of fused-ring (bicyclic) bond motifs is 6. The summed E-state index contributed by atoms with van der Waals surface area (Å²) >= 11 is 7.84. The molecule has 2 aliphatic rings. The molecule has 210 valence electrons. The van der Waals surface area contributed by atoms with Gasteiger partial charge in [0.2, 0.25) is 5.76 Å². The monoisotopic (exact) mass is 603 g/mol. The van der Waals surface area contributed by atoms with Crippen molar-refractivity contribution in [2.24, 2.45) is 0 Å². The van der Waals surface area contributed by atoms with Crippen LogP contribution < -0.4 is 15.2 Å². The number of halogens is 1. The predicted octanol–water partition coefficient (Wildman–Crippen LogP) is 7.12. The van der Waals surface area contributed by atoms with Gasteiger partial charge in [0, 0.05) is 10.6 Å². The summed E-state index contributed by atoms with van der Waals surface area (Å²) in [5, 5.41) is 1.12. The molecule has 2 amide bonds. The van der Waals surface area contributed by atoms with Crippen LogP contribution in [0.4, 0.5) is 10.8 Å². The average molecular weight is 604 g/mol. The average Bonchev–Trinajstić information content (AvgIpc) is 3.60. The van der Waals surface area contributed by atoms with Crippen molar-refractivity contribution >= 4 is 66.8 Å². The van der Waals surface area contributed by atoms with Gasteiger partial charge in [-0.2, -0.15) is 0 Å². The van der Waals surface area contributed by atoms with E-state index in [0.29, 0.717) is 32.3 Å². The highest BCUT2D eigenvalue weighted by Gasteiger charge is 2.66. The molecular formula is C34H22ClN3O4S. The standard InChI is InChI=1S/C34H22ClN3O4S/c1-18-12-14-26-21(15-18)29(39)28-30(42-26)31(40)38(33-36-24-13-11-19(2)16-27(24)43-33)34(28)22-8-4-6-10-25(22)37(32(34)41)17-20-7-3-5-9-23(20)35/h3-16H,17H2,1-2H3. The Hall–Kier alpha value is -4.79. The Bertz CT molecular complexity index is 2260. The Kier molecular flexibility index (Phi) is 5.48. The third-order valence-corrected chi connectivity index (χ3v) is 9.66. The minimum absolute atomic E-state index is 0.00476. The van der Waals surface area contributed by atoms with Crippen LogP contribution in [0, 0.1) is 13.8 Å². The Morgan fingerprint density at radius 2 is 1.65 bits per heavy atom. The number of benzene rings is 4. The van der Waals surface area contributed by atoms with Gasteiger partial charge in [-0.15, -0.1) is 0 Å². The van der Waals surface area contributed by atoms with E-state index >= 15 is 4.79 Å². The van der Waals surface area contributed by atoms with Crippen molar-refractivity contribution in [1.29, 1.82) is 0 Å². The number of hydrogen-bond acceptors (Lipinski definition) is 6. The lowest BCUT2D eigenvalue weighted by Gasteiger charge is -2.32. The van der Waals surface area contributed by atoms with Crippen molar-refractivity contribution in [1.82, 2.24) is 4.98 Å². The van der Waals surface area contributed by atoms with Crippen LogP contribution in [-0.4, -0.2) is 16.8 Å². The van der Waals surface area contributed by atoms with Crippen LogP contribution in [0.5, 0.6) is 0 Å². The lowest BCUT2D eigenvalue weighted by Crippen LogP contribution is -2.53. The van der Waals surface area contributed by atoms with E-state index < -0.39 is 22.8 Å². The number of aryl methyl sites for hydroxylation is 2. The number of thiazole rings is 1. The Balaban J connectivity index is 1.46. The third-order valence-electron chi connectivity index (χ3n) is 8.29. The second kappa shape index (κ2) is 9.10. The first-order valence-electron chi connectivity index (χ1n) is 13.7. The number of carbonyl (C=O) groups excluding carboxylic acids is 2. The zero-order valence-electron chi connectivity index (χ0n) is 23.1. The zero-order chi connectivity index (χ0) is 29.6. The molecule has 9 heteroatoms. The Labute approximate surface area is 254 Å². The van der Waals surface area contributed by atoms with Gasteiger partial charge in [-0.05, 0) is 61.4 Å². The molecule has 0 aliphatic carbocycles. The fourth-order valence-corrected chi connectivity index (χ4v) is 7.66. The molecule has 0 radical (unpaired) electrons. The molecule has 4 heterocycles. The van der Waals surface area contributed by atoms with Gasteiger partial charge in [-0.3, -0.25) is 19.3 Å². The molecule has 0 saturated heterocycles. The van der Waals surface area contributed by atoms with Crippen molar-refractivity contribution in [3.63, 3.8) is 0 Å². The van der Waals surface area contributed by atoms with Gasteiger partial charge in [0.05, 0.1) is 33.4 Å². The molecular weight excluding hydrogens is 582 g/mol. The Morgan fingerprint density at radius 3 is 2.49 bits per heavy atom. The second-order valence-corrected chi connectivity index (χ2v) is 12.4. The molecule has 0 bridgehead atoms. The summed E-state index contributed by atoms with van der Waals surface area (Å²) in [6.45, 7) is 4.01. The topological polar surface area (TPSA) is 83.7 Å². The van der Waals surface area contributed by atoms with Crippen molar-refractivity contribution in [2.45, 2.75) is 25.9 Å². The summed E-state index contributed by atoms with van der Waals surface area (Å²) in [7, 11) is 0. The first kappa shape index (κ1) is 25.9. The van der Waals surface area contributed by atoms with Crippen LogP contribution in [0.2, 0.25) is 5.02 Å². The molecule has 1 spiro atoms. The van der Waals surface area contributed by atoms with Gasteiger partial charge in [-0.25, -0.2) is 4.98 Å². The molecule has 1 unspecified atom stereocenters. The summed E-state index contributed by atoms with van der Waals surface area (Å²) in [4.78, 5) is 51.9. The molecule has 0 N–H and O–H groups in total. The fourth-order valence-electron chi connectivity index (χ4n) is 6.35. The van der Waals surface area contributed by atoms with E-state index in [4.69, 9.17) is 21.0 Å².